The number of anilines is 1. The Balaban J connectivity index is 2.65. The number of methoxy groups -OCH3 is 2. The number of carbonyl (C=O) groups excluding carboxylic acids is 1. The van der Waals surface area contributed by atoms with Gasteiger partial charge in [-0.2, -0.15) is 0 Å². The lowest BCUT2D eigenvalue weighted by atomic mass is 10.0. The van der Waals surface area contributed by atoms with Crippen molar-refractivity contribution in [3.63, 3.8) is 0 Å². The molecule has 1 aromatic heterocycles. The van der Waals surface area contributed by atoms with E-state index in [0.717, 1.165) is 16.7 Å². The molecule has 0 saturated carbocycles. The van der Waals surface area contributed by atoms with Gasteiger partial charge in [-0.25, -0.2) is 4.79 Å². The molecule has 100 valence electrons. The number of carbonyl (C=O) groups is 1. The van der Waals surface area contributed by atoms with Crippen LogP contribution in [0.4, 0.5) is 5.00 Å². The van der Waals surface area contributed by atoms with E-state index in [-0.39, 0.29) is 0 Å². The SMILES string of the molecule is COC(=O)c1c(-c2cc(C)ccc2OC)csc1N. The molecule has 2 N–H and O–H groups in total. The Labute approximate surface area is 115 Å². The van der Waals surface area contributed by atoms with Gasteiger partial charge in [-0.15, -0.1) is 11.3 Å². The molecule has 0 aliphatic rings. The normalized spacial score (nSPS) is 10.3. The van der Waals surface area contributed by atoms with Crippen LogP contribution in [-0.2, 0) is 4.74 Å². The van der Waals surface area contributed by atoms with Gasteiger partial charge in [0, 0.05) is 16.5 Å². The number of ether oxygens (including phenoxy) is 2. The minimum Gasteiger partial charge on any atom is -0.496 e. The summed E-state index contributed by atoms with van der Waals surface area (Å²) >= 11 is 1.32. The summed E-state index contributed by atoms with van der Waals surface area (Å²) < 4.78 is 10.1. The number of benzene rings is 1. The minimum absolute atomic E-state index is 0.399. The Bertz CT molecular complexity index is 619. The van der Waals surface area contributed by atoms with Crippen LogP contribution in [-0.4, -0.2) is 20.2 Å². The van der Waals surface area contributed by atoms with Crippen LogP contribution in [0.5, 0.6) is 5.75 Å². The third kappa shape index (κ3) is 2.42. The number of thiophene rings is 1. The zero-order valence-electron chi connectivity index (χ0n) is 11.0. The molecule has 0 unspecified atom stereocenters. The Morgan fingerprint density at radius 1 is 1.26 bits per heavy atom. The lowest BCUT2D eigenvalue weighted by molar-refractivity contribution is 0.0603. The first-order valence-corrected chi connectivity index (χ1v) is 6.56. The molecule has 0 aliphatic carbocycles. The zero-order chi connectivity index (χ0) is 14.0. The second-order valence-corrected chi connectivity index (χ2v) is 5.00. The highest BCUT2D eigenvalue weighted by Gasteiger charge is 2.21. The lowest BCUT2D eigenvalue weighted by Crippen LogP contribution is -2.04. The Hall–Kier alpha value is -2.01. The summed E-state index contributed by atoms with van der Waals surface area (Å²) in [5.74, 6) is 0.269. The van der Waals surface area contributed by atoms with Gasteiger partial charge in [-0.3, -0.25) is 0 Å². The quantitative estimate of drug-likeness (QED) is 0.876. The van der Waals surface area contributed by atoms with Crippen molar-refractivity contribution >= 4 is 22.3 Å². The molecular formula is C14H15NO3S. The van der Waals surface area contributed by atoms with Crippen molar-refractivity contribution in [2.75, 3.05) is 20.0 Å². The van der Waals surface area contributed by atoms with Crippen LogP contribution in [0.3, 0.4) is 0 Å². The monoisotopic (exact) mass is 277 g/mol. The highest BCUT2D eigenvalue weighted by molar-refractivity contribution is 7.15. The van der Waals surface area contributed by atoms with Crippen molar-refractivity contribution < 1.29 is 14.3 Å². The fourth-order valence-corrected chi connectivity index (χ4v) is 2.72. The van der Waals surface area contributed by atoms with Gasteiger partial charge in [-0.05, 0) is 19.1 Å². The van der Waals surface area contributed by atoms with Crippen molar-refractivity contribution in [1.29, 1.82) is 0 Å². The Morgan fingerprint density at radius 3 is 2.63 bits per heavy atom. The van der Waals surface area contributed by atoms with Crippen molar-refractivity contribution in [1.82, 2.24) is 0 Å². The highest BCUT2D eigenvalue weighted by atomic mass is 32.1. The number of nitrogens with two attached hydrogens (primary N) is 1. The molecule has 0 fully saturated rings. The van der Waals surface area contributed by atoms with E-state index in [1.807, 2.05) is 30.5 Å². The summed E-state index contributed by atoms with van der Waals surface area (Å²) in [7, 11) is 2.94. The van der Waals surface area contributed by atoms with Gasteiger partial charge in [0.15, 0.2) is 0 Å². The van der Waals surface area contributed by atoms with Crippen molar-refractivity contribution in [3.05, 3.63) is 34.7 Å². The summed E-state index contributed by atoms with van der Waals surface area (Å²) in [5.41, 5.74) is 8.93. The van der Waals surface area contributed by atoms with Crippen LogP contribution >= 0.6 is 11.3 Å². The fourth-order valence-electron chi connectivity index (χ4n) is 1.92. The average Bonchev–Trinajstić information content (AvgIpc) is 2.79. The number of hydrogen-bond acceptors (Lipinski definition) is 5. The van der Waals surface area contributed by atoms with Crippen LogP contribution in [0.15, 0.2) is 23.6 Å². The minimum atomic E-state index is -0.433. The van der Waals surface area contributed by atoms with E-state index >= 15 is 0 Å². The molecule has 0 radical (unpaired) electrons. The maximum absolute atomic E-state index is 11.8. The summed E-state index contributed by atoms with van der Waals surface area (Å²) in [6.07, 6.45) is 0. The zero-order valence-corrected chi connectivity index (χ0v) is 11.8. The molecule has 4 nitrogen and oxygen atoms in total. The standard InChI is InChI=1S/C14H15NO3S/c1-8-4-5-11(17-2)9(6-8)10-7-19-13(15)12(10)14(16)18-3/h4-7H,15H2,1-3H3. The van der Waals surface area contributed by atoms with Gasteiger partial charge in [-0.1, -0.05) is 11.6 Å². The summed E-state index contributed by atoms with van der Waals surface area (Å²) in [6.45, 7) is 1.98. The number of nitrogen functional groups attached to an aromatic ring is 1. The molecule has 1 heterocycles. The Kier molecular flexibility index (Phi) is 3.76. The molecule has 5 heteroatoms. The van der Waals surface area contributed by atoms with Crippen molar-refractivity contribution in [3.8, 4) is 16.9 Å². The van der Waals surface area contributed by atoms with Crippen LogP contribution < -0.4 is 10.5 Å². The predicted molar refractivity (Wildman–Crippen MR) is 76.8 cm³/mol. The fraction of sp³-hybridized carbons (Fsp3) is 0.214. The molecule has 0 spiro atoms. The smallest absolute Gasteiger partial charge is 0.341 e. The molecule has 0 bridgehead atoms. The van der Waals surface area contributed by atoms with E-state index in [1.54, 1.807) is 7.11 Å². The summed E-state index contributed by atoms with van der Waals surface area (Å²) in [4.78, 5) is 11.8. The second kappa shape index (κ2) is 5.32. The van der Waals surface area contributed by atoms with Gasteiger partial charge < -0.3 is 15.2 Å². The summed E-state index contributed by atoms with van der Waals surface area (Å²) in [5, 5.41) is 2.30. The van der Waals surface area contributed by atoms with Gasteiger partial charge >= 0.3 is 5.97 Å². The van der Waals surface area contributed by atoms with E-state index in [2.05, 4.69) is 0 Å². The van der Waals surface area contributed by atoms with Crippen molar-refractivity contribution in [2.45, 2.75) is 6.92 Å². The van der Waals surface area contributed by atoms with Crippen molar-refractivity contribution in [2.24, 2.45) is 0 Å². The molecule has 0 aliphatic heterocycles. The third-order valence-electron chi connectivity index (χ3n) is 2.85. The van der Waals surface area contributed by atoms with Gasteiger partial charge in [0.25, 0.3) is 0 Å². The van der Waals surface area contributed by atoms with E-state index in [9.17, 15) is 4.79 Å². The maximum Gasteiger partial charge on any atom is 0.341 e. The first-order valence-electron chi connectivity index (χ1n) is 5.68. The number of hydrogen-bond donors (Lipinski definition) is 1. The largest absolute Gasteiger partial charge is 0.496 e. The van der Waals surface area contributed by atoms with Gasteiger partial charge in [0.05, 0.1) is 14.2 Å². The lowest BCUT2D eigenvalue weighted by Gasteiger charge is -2.10. The van der Waals surface area contributed by atoms with E-state index in [4.69, 9.17) is 15.2 Å². The highest BCUT2D eigenvalue weighted by Crippen LogP contribution is 2.39. The first-order chi connectivity index (χ1) is 9.08. The van der Waals surface area contributed by atoms with E-state index in [1.165, 1.54) is 18.4 Å². The molecular weight excluding hydrogens is 262 g/mol. The second-order valence-electron chi connectivity index (χ2n) is 4.08. The number of aryl methyl sites for hydroxylation is 1. The van der Waals surface area contributed by atoms with Crippen LogP contribution in [0.25, 0.3) is 11.1 Å². The molecule has 2 rings (SSSR count). The molecule has 0 atom stereocenters. The van der Waals surface area contributed by atoms with Gasteiger partial charge in [0.2, 0.25) is 0 Å². The van der Waals surface area contributed by atoms with E-state index in [0.29, 0.717) is 16.3 Å². The van der Waals surface area contributed by atoms with Crippen LogP contribution in [0.2, 0.25) is 0 Å². The molecule has 2 aromatic rings. The molecule has 0 amide bonds. The van der Waals surface area contributed by atoms with E-state index < -0.39 is 5.97 Å². The summed E-state index contributed by atoms with van der Waals surface area (Å²) in [6, 6.07) is 5.79. The van der Waals surface area contributed by atoms with Crippen LogP contribution in [0, 0.1) is 6.92 Å². The number of rotatable bonds is 3. The molecule has 1 aromatic carbocycles. The molecule has 0 saturated heterocycles. The Morgan fingerprint density at radius 2 is 2.00 bits per heavy atom. The molecule has 19 heavy (non-hydrogen) atoms. The maximum atomic E-state index is 11.8. The number of esters is 1. The predicted octanol–water partition coefficient (Wildman–Crippen LogP) is 3.10. The third-order valence-corrected chi connectivity index (χ3v) is 3.67. The van der Waals surface area contributed by atoms with Gasteiger partial charge in [0.1, 0.15) is 16.3 Å². The first kappa shape index (κ1) is 13.4. The van der Waals surface area contributed by atoms with Crippen LogP contribution in [0.1, 0.15) is 15.9 Å². The topological polar surface area (TPSA) is 61.5 Å². The average molecular weight is 277 g/mol.